The number of hydrogen-bond acceptors (Lipinski definition) is 2. The Morgan fingerprint density at radius 3 is 2.40 bits per heavy atom. The Labute approximate surface area is 95.7 Å². The lowest BCUT2D eigenvalue weighted by atomic mass is 10.0. The van der Waals surface area contributed by atoms with E-state index in [1.807, 2.05) is 12.1 Å². The zero-order valence-electron chi connectivity index (χ0n) is 8.57. The SMILES string of the molecule is Cc1ccc(NS)cc1-c1ccccc1. The lowest BCUT2D eigenvalue weighted by Gasteiger charge is -2.08. The van der Waals surface area contributed by atoms with Crippen molar-refractivity contribution >= 4 is 18.5 Å². The van der Waals surface area contributed by atoms with Crippen LogP contribution in [0, 0.1) is 6.92 Å². The standard InChI is InChI=1S/C13H13NS/c1-10-7-8-12(14-15)9-13(10)11-5-3-2-4-6-11/h2-9,14-15H,1H3. The summed E-state index contributed by atoms with van der Waals surface area (Å²) < 4.78 is 2.86. The molecule has 0 saturated carbocycles. The fraction of sp³-hybridized carbons (Fsp3) is 0.0769. The van der Waals surface area contributed by atoms with Gasteiger partial charge in [-0.05, 0) is 35.7 Å². The first-order valence-corrected chi connectivity index (χ1v) is 5.32. The highest BCUT2D eigenvalue weighted by Gasteiger charge is 2.01. The fourth-order valence-electron chi connectivity index (χ4n) is 1.62. The quantitative estimate of drug-likeness (QED) is 0.724. The first-order valence-electron chi connectivity index (χ1n) is 4.87. The number of aryl methyl sites for hydroxylation is 1. The first kappa shape index (κ1) is 10.1. The summed E-state index contributed by atoms with van der Waals surface area (Å²) in [6, 6.07) is 16.6. The van der Waals surface area contributed by atoms with Crippen LogP contribution in [-0.4, -0.2) is 0 Å². The number of nitrogens with one attached hydrogen (secondary N) is 1. The molecule has 0 aliphatic carbocycles. The average Bonchev–Trinajstić information content (AvgIpc) is 2.31. The van der Waals surface area contributed by atoms with Crippen LogP contribution in [0.2, 0.25) is 0 Å². The van der Waals surface area contributed by atoms with Gasteiger partial charge in [0.05, 0.1) is 0 Å². The Morgan fingerprint density at radius 2 is 1.73 bits per heavy atom. The average molecular weight is 215 g/mol. The van der Waals surface area contributed by atoms with Gasteiger partial charge in [-0.3, -0.25) is 0 Å². The monoisotopic (exact) mass is 215 g/mol. The van der Waals surface area contributed by atoms with Crippen LogP contribution in [0.3, 0.4) is 0 Å². The topological polar surface area (TPSA) is 12.0 Å². The highest BCUT2D eigenvalue weighted by Crippen LogP contribution is 2.26. The Kier molecular flexibility index (Phi) is 2.97. The normalized spacial score (nSPS) is 10.0. The van der Waals surface area contributed by atoms with Gasteiger partial charge in [0, 0.05) is 5.69 Å². The Balaban J connectivity index is 2.52. The summed E-state index contributed by atoms with van der Waals surface area (Å²) in [5, 5.41) is 0. The van der Waals surface area contributed by atoms with Crippen molar-refractivity contribution in [2.45, 2.75) is 6.92 Å². The van der Waals surface area contributed by atoms with Gasteiger partial charge in [0.25, 0.3) is 0 Å². The Hall–Kier alpha value is -1.41. The van der Waals surface area contributed by atoms with Gasteiger partial charge in [-0.15, -0.1) is 0 Å². The van der Waals surface area contributed by atoms with Crippen LogP contribution in [0.1, 0.15) is 5.56 Å². The molecule has 0 aliphatic rings. The van der Waals surface area contributed by atoms with Crippen molar-refractivity contribution in [3.05, 3.63) is 54.1 Å². The second-order valence-corrected chi connectivity index (χ2v) is 3.73. The minimum atomic E-state index is 1.02. The minimum Gasteiger partial charge on any atom is -0.332 e. The Bertz CT molecular complexity index is 451. The maximum Gasteiger partial charge on any atom is 0.0444 e. The second kappa shape index (κ2) is 4.41. The molecule has 0 fully saturated rings. The Morgan fingerprint density at radius 1 is 1.00 bits per heavy atom. The molecule has 0 bridgehead atoms. The van der Waals surface area contributed by atoms with E-state index in [4.69, 9.17) is 0 Å². The van der Waals surface area contributed by atoms with Gasteiger partial charge in [0.15, 0.2) is 0 Å². The molecule has 2 rings (SSSR count). The van der Waals surface area contributed by atoms with E-state index >= 15 is 0 Å². The molecule has 76 valence electrons. The zero-order valence-corrected chi connectivity index (χ0v) is 9.46. The molecule has 0 heterocycles. The molecular weight excluding hydrogens is 202 g/mol. The smallest absolute Gasteiger partial charge is 0.0444 e. The third-order valence-electron chi connectivity index (χ3n) is 2.45. The van der Waals surface area contributed by atoms with E-state index in [1.54, 1.807) is 0 Å². The van der Waals surface area contributed by atoms with Crippen LogP contribution in [0.5, 0.6) is 0 Å². The summed E-state index contributed by atoms with van der Waals surface area (Å²) >= 11 is 4.05. The highest BCUT2D eigenvalue weighted by atomic mass is 32.1. The molecule has 0 amide bonds. The van der Waals surface area contributed by atoms with Crippen molar-refractivity contribution in [1.29, 1.82) is 0 Å². The predicted molar refractivity (Wildman–Crippen MR) is 69.2 cm³/mol. The molecule has 0 aromatic heterocycles. The molecule has 0 spiro atoms. The van der Waals surface area contributed by atoms with Gasteiger partial charge in [-0.2, -0.15) is 0 Å². The molecular formula is C13H13NS. The van der Waals surface area contributed by atoms with Crippen molar-refractivity contribution in [1.82, 2.24) is 0 Å². The van der Waals surface area contributed by atoms with Crippen LogP contribution in [0.25, 0.3) is 11.1 Å². The molecule has 2 aromatic carbocycles. The van der Waals surface area contributed by atoms with E-state index in [2.05, 4.69) is 60.9 Å². The molecule has 15 heavy (non-hydrogen) atoms. The third kappa shape index (κ3) is 2.16. The second-order valence-electron chi connectivity index (χ2n) is 3.51. The van der Waals surface area contributed by atoms with Gasteiger partial charge >= 0.3 is 0 Å². The summed E-state index contributed by atoms with van der Waals surface area (Å²) in [5.74, 6) is 0. The van der Waals surface area contributed by atoms with Crippen LogP contribution in [0.15, 0.2) is 48.5 Å². The molecule has 2 heteroatoms. The van der Waals surface area contributed by atoms with Crippen molar-refractivity contribution in [2.75, 3.05) is 4.72 Å². The fourth-order valence-corrected chi connectivity index (χ4v) is 1.76. The van der Waals surface area contributed by atoms with E-state index in [0.717, 1.165) is 5.69 Å². The van der Waals surface area contributed by atoms with Gasteiger partial charge < -0.3 is 4.72 Å². The minimum absolute atomic E-state index is 1.02. The van der Waals surface area contributed by atoms with Crippen LogP contribution < -0.4 is 4.72 Å². The highest BCUT2D eigenvalue weighted by molar-refractivity contribution is 7.81. The van der Waals surface area contributed by atoms with Crippen LogP contribution >= 0.6 is 12.8 Å². The van der Waals surface area contributed by atoms with Crippen molar-refractivity contribution < 1.29 is 0 Å². The summed E-state index contributed by atoms with van der Waals surface area (Å²) in [7, 11) is 0. The van der Waals surface area contributed by atoms with Crippen molar-refractivity contribution in [3.8, 4) is 11.1 Å². The van der Waals surface area contributed by atoms with Gasteiger partial charge in [-0.1, -0.05) is 49.2 Å². The maximum atomic E-state index is 4.05. The molecule has 0 unspecified atom stereocenters. The summed E-state index contributed by atoms with van der Waals surface area (Å²) in [6.45, 7) is 2.12. The summed E-state index contributed by atoms with van der Waals surface area (Å²) in [4.78, 5) is 0. The van der Waals surface area contributed by atoms with E-state index in [0.29, 0.717) is 0 Å². The number of benzene rings is 2. The summed E-state index contributed by atoms with van der Waals surface area (Å²) in [5.41, 5.74) is 4.77. The van der Waals surface area contributed by atoms with Crippen LogP contribution in [0.4, 0.5) is 5.69 Å². The molecule has 1 nitrogen and oxygen atoms in total. The van der Waals surface area contributed by atoms with E-state index in [9.17, 15) is 0 Å². The molecule has 1 N–H and O–H groups in total. The van der Waals surface area contributed by atoms with Gasteiger partial charge in [0.2, 0.25) is 0 Å². The molecule has 0 saturated heterocycles. The number of rotatable bonds is 2. The first-order chi connectivity index (χ1) is 7.31. The van der Waals surface area contributed by atoms with Gasteiger partial charge in [-0.25, -0.2) is 0 Å². The van der Waals surface area contributed by atoms with Crippen molar-refractivity contribution in [3.63, 3.8) is 0 Å². The largest absolute Gasteiger partial charge is 0.332 e. The molecule has 0 radical (unpaired) electrons. The lowest BCUT2D eigenvalue weighted by Crippen LogP contribution is -1.86. The van der Waals surface area contributed by atoms with Crippen LogP contribution in [-0.2, 0) is 0 Å². The maximum absolute atomic E-state index is 4.05. The summed E-state index contributed by atoms with van der Waals surface area (Å²) in [6.07, 6.45) is 0. The number of hydrogen-bond donors (Lipinski definition) is 2. The van der Waals surface area contributed by atoms with Gasteiger partial charge in [0.1, 0.15) is 0 Å². The van der Waals surface area contributed by atoms with Crippen molar-refractivity contribution in [2.24, 2.45) is 0 Å². The zero-order chi connectivity index (χ0) is 10.7. The van der Waals surface area contributed by atoms with E-state index in [1.165, 1.54) is 16.7 Å². The van der Waals surface area contributed by atoms with E-state index in [-0.39, 0.29) is 0 Å². The molecule has 0 atom stereocenters. The lowest BCUT2D eigenvalue weighted by molar-refractivity contribution is 1.46. The number of thiol groups is 1. The molecule has 0 aliphatic heterocycles. The van der Waals surface area contributed by atoms with E-state index < -0.39 is 0 Å². The molecule has 2 aromatic rings. The third-order valence-corrected chi connectivity index (χ3v) is 2.71. The number of anilines is 1. The predicted octanol–water partition coefficient (Wildman–Crippen LogP) is 3.92.